The number of rotatable bonds is 4. The Morgan fingerprint density at radius 3 is 2.64 bits per heavy atom. The smallest absolute Gasteiger partial charge is 0.240 e. The van der Waals surface area contributed by atoms with Crippen molar-refractivity contribution in [3.05, 3.63) is 17.0 Å². The van der Waals surface area contributed by atoms with Crippen LogP contribution in [-0.2, 0) is 16.0 Å². The molecule has 3 rings (SSSR count). The number of nitrogens with one attached hydrogen (secondary N) is 1. The van der Waals surface area contributed by atoms with Crippen LogP contribution in [0.25, 0.3) is 0 Å². The Morgan fingerprint density at radius 2 is 1.96 bits per heavy atom. The number of aryl methyl sites for hydroxylation is 2. The number of ketones is 1. The molecule has 1 aromatic heterocycles. The summed E-state index contributed by atoms with van der Waals surface area (Å²) >= 11 is 0. The van der Waals surface area contributed by atoms with Gasteiger partial charge in [0.15, 0.2) is 5.78 Å². The lowest BCUT2D eigenvalue weighted by Crippen LogP contribution is -2.42. The summed E-state index contributed by atoms with van der Waals surface area (Å²) in [6.45, 7) is 3.33. The third-order valence-corrected chi connectivity index (χ3v) is 4.87. The lowest BCUT2D eigenvalue weighted by molar-refractivity contribution is -0.123. The van der Waals surface area contributed by atoms with Crippen LogP contribution >= 0.6 is 0 Å². The number of anilines is 1. The van der Waals surface area contributed by atoms with E-state index in [0.717, 1.165) is 18.5 Å². The molecule has 8 nitrogen and oxygen atoms in total. The molecule has 0 bridgehead atoms. The lowest BCUT2D eigenvalue weighted by atomic mass is 9.94. The molecule has 0 atom stereocenters. The van der Waals surface area contributed by atoms with E-state index >= 15 is 0 Å². The van der Waals surface area contributed by atoms with Crippen LogP contribution in [0.5, 0.6) is 0 Å². The maximum Gasteiger partial charge on any atom is 0.240 e. The number of hydrogen-bond acceptors (Lipinski definition) is 6. The quantitative estimate of drug-likeness (QED) is 0.817. The number of carbonyl (C=O) groups is 3. The van der Waals surface area contributed by atoms with E-state index in [4.69, 9.17) is 5.73 Å². The first-order valence-corrected chi connectivity index (χ1v) is 8.66. The molecule has 0 aromatic carbocycles. The number of primary amides is 1. The molecule has 3 N–H and O–H groups in total. The minimum atomic E-state index is -0.267. The second-order valence-corrected chi connectivity index (χ2v) is 6.73. The average molecular weight is 345 g/mol. The van der Waals surface area contributed by atoms with Crippen molar-refractivity contribution in [2.45, 2.75) is 39.0 Å². The molecule has 0 saturated carbocycles. The molecule has 2 amide bonds. The first-order chi connectivity index (χ1) is 11.9. The fourth-order valence-corrected chi connectivity index (χ4v) is 3.52. The average Bonchev–Trinajstić information content (AvgIpc) is 2.55. The van der Waals surface area contributed by atoms with E-state index in [2.05, 4.69) is 15.3 Å². The van der Waals surface area contributed by atoms with Gasteiger partial charge in [-0.05, 0) is 45.7 Å². The lowest BCUT2D eigenvalue weighted by Gasteiger charge is -2.29. The summed E-state index contributed by atoms with van der Waals surface area (Å²) in [4.78, 5) is 46.0. The molecule has 0 spiro atoms. The molecule has 25 heavy (non-hydrogen) atoms. The van der Waals surface area contributed by atoms with Gasteiger partial charge in [-0.2, -0.15) is 0 Å². The van der Waals surface area contributed by atoms with E-state index < -0.39 is 0 Å². The Bertz CT molecular complexity index is 710. The number of nitrogens with zero attached hydrogens (tertiary/aromatic N) is 3. The molecule has 1 aromatic rings. The predicted octanol–water partition coefficient (Wildman–Crippen LogP) is 0.440. The van der Waals surface area contributed by atoms with Crippen LogP contribution in [-0.4, -0.2) is 52.1 Å². The zero-order chi connectivity index (χ0) is 18.0. The standard InChI is InChI=1S/C17H23N5O3/c1-10-15-12(3-2-4-13(15)23)20-17(19-10)21-14(24)9-22-7-5-11(6-8-22)16(18)25/h11H,2-9H2,1H3,(H2,18,25)(H,19,20,21,24). The fourth-order valence-electron chi connectivity index (χ4n) is 3.52. The molecule has 0 radical (unpaired) electrons. The second kappa shape index (κ2) is 7.26. The van der Waals surface area contributed by atoms with Crippen molar-refractivity contribution >= 4 is 23.5 Å². The van der Waals surface area contributed by atoms with Crippen LogP contribution in [0.2, 0.25) is 0 Å². The van der Waals surface area contributed by atoms with Crippen molar-refractivity contribution in [1.82, 2.24) is 14.9 Å². The first-order valence-electron chi connectivity index (χ1n) is 8.66. The Kier molecular flexibility index (Phi) is 5.08. The van der Waals surface area contributed by atoms with Crippen LogP contribution in [0, 0.1) is 12.8 Å². The molecule has 1 saturated heterocycles. The van der Waals surface area contributed by atoms with Crippen LogP contribution in [0.4, 0.5) is 5.95 Å². The molecule has 2 heterocycles. The molecule has 2 aliphatic rings. The molecule has 134 valence electrons. The number of carbonyl (C=O) groups excluding carboxylic acids is 3. The number of likely N-dealkylation sites (tertiary alicyclic amines) is 1. The summed E-state index contributed by atoms with van der Waals surface area (Å²) in [5.41, 5.74) is 7.27. The summed E-state index contributed by atoms with van der Waals surface area (Å²) in [7, 11) is 0. The highest BCUT2D eigenvalue weighted by molar-refractivity contribution is 5.99. The second-order valence-electron chi connectivity index (χ2n) is 6.73. The number of aromatic nitrogens is 2. The highest BCUT2D eigenvalue weighted by Gasteiger charge is 2.25. The van der Waals surface area contributed by atoms with Gasteiger partial charge in [0.2, 0.25) is 17.8 Å². The highest BCUT2D eigenvalue weighted by Crippen LogP contribution is 2.23. The van der Waals surface area contributed by atoms with E-state index in [1.807, 2.05) is 4.90 Å². The van der Waals surface area contributed by atoms with Gasteiger partial charge in [0.25, 0.3) is 0 Å². The maximum absolute atomic E-state index is 12.2. The Morgan fingerprint density at radius 1 is 1.24 bits per heavy atom. The van der Waals surface area contributed by atoms with Gasteiger partial charge >= 0.3 is 0 Å². The van der Waals surface area contributed by atoms with Crippen LogP contribution in [0.3, 0.4) is 0 Å². The van der Waals surface area contributed by atoms with Crippen molar-refractivity contribution < 1.29 is 14.4 Å². The molecule has 1 aliphatic heterocycles. The van der Waals surface area contributed by atoms with Gasteiger partial charge in [-0.1, -0.05) is 0 Å². The van der Waals surface area contributed by atoms with Crippen molar-refractivity contribution in [3.63, 3.8) is 0 Å². The van der Waals surface area contributed by atoms with E-state index in [1.165, 1.54) is 0 Å². The summed E-state index contributed by atoms with van der Waals surface area (Å²) < 4.78 is 0. The number of hydrogen-bond donors (Lipinski definition) is 2. The minimum absolute atomic E-state index is 0.0777. The Hall–Kier alpha value is -2.35. The number of Topliss-reactive ketones (excluding diaryl/α,β-unsaturated/α-hetero) is 1. The minimum Gasteiger partial charge on any atom is -0.369 e. The number of nitrogens with two attached hydrogens (primary N) is 1. The monoisotopic (exact) mass is 345 g/mol. The number of amides is 2. The zero-order valence-corrected chi connectivity index (χ0v) is 14.4. The Balaban J connectivity index is 1.59. The topological polar surface area (TPSA) is 118 Å². The van der Waals surface area contributed by atoms with Crippen LogP contribution < -0.4 is 11.1 Å². The number of fused-ring (bicyclic) bond motifs is 1. The molecule has 8 heteroatoms. The molecular formula is C17H23N5O3. The van der Waals surface area contributed by atoms with Crippen molar-refractivity contribution in [2.75, 3.05) is 25.0 Å². The van der Waals surface area contributed by atoms with Gasteiger partial charge in [0, 0.05) is 12.3 Å². The van der Waals surface area contributed by atoms with Crippen molar-refractivity contribution in [1.29, 1.82) is 0 Å². The zero-order valence-electron chi connectivity index (χ0n) is 14.4. The van der Waals surface area contributed by atoms with E-state index in [-0.39, 0.29) is 36.0 Å². The third kappa shape index (κ3) is 4.01. The molecular weight excluding hydrogens is 322 g/mol. The van der Waals surface area contributed by atoms with E-state index in [9.17, 15) is 14.4 Å². The fraction of sp³-hybridized carbons (Fsp3) is 0.588. The third-order valence-electron chi connectivity index (χ3n) is 4.87. The first kappa shape index (κ1) is 17.5. The van der Waals surface area contributed by atoms with Gasteiger partial charge in [-0.25, -0.2) is 9.97 Å². The molecule has 1 aliphatic carbocycles. The number of piperidine rings is 1. The normalized spacial score (nSPS) is 18.7. The van der Waals surface area contributed by atoms with Crippen LogP contribution in [0.15, 0.2) is 0 Å². The summed E-state index contributed by atoms with van der Waals surface area (Å²) in [5.74, 6) is -0.226. The molecule has 0 unspecified atom stereocenters. The predicted molar refractivity (Wildman–Crippen MR) is 91.0 cm³/mol. The largest absolute Gasteiger partial charge is 0.369 e. The highest BCUT2D eigenvalue weighted by atomic mass is 16.2. The maximum atomic E-state index is 12.2. The summed E-state index contributed by atoms with van der Waals surface area (Å²) in [5, 5.41) is 2.72. The van der Waals surface area contributed by atoms with Gasteiger partial charge in [0.05, 0.1) is 23.5 Å². The van der Waals surface area contributed by atoms with Crippen molar-refractivity contribution in [3.8, 4) is 0 Å². The van der Waals surface area contributed by atoms with E-state index in [1.54, 1.807) is 6.92 Å². The van der Waals surface area contributed by atoms with Gasteiger partial charge in [0.1, 0.15) is 0 Å². The van der Waals surface area contributed by atoms with E-state index in [0.29, 0.717) is 43.6 Å². The molecule has 1 fully saturated rings. The van der Waals surface area contributed by atoms with Gasteiger partial charge in [-0.15, -0.1) is 0 Å². The Labute approximate surface area is 146 Å². The SMILES string of the molecule is Cc1nc(NC(=O)CN2CCC(C(N)=O)CC2)nc2c1C(=O)CCC2. The van der Waals surface area contributed by atoms with Crippen LogP contribution in [0.1, 0.15) is 47.4 Å². The van der Waals surface area contributed by atoms with Gasteiger partial charge in [-0.3, -0.25) is 24.6 Å². The van der Waals surface area contributed by atoms with Crippen molar-refractivity contribution in [2.24, 2.45) is 11.7 Å². The van der Waals surface area contributed by atoms with Gasteiger partial charge < -0.3 is 5.73 Å². The summed E-state index contributed by atoms with van der Waals surface area (Å²) in [6, 6.07) is 0. The summed E-state index contributed by atoms with van der Waals surface area (Å²) in [6.07, 6.45) is 3.40.